The lowest BCUT2D eigenvalue weighted by molar-refractivity contribution is -0.0436. The van der Waals surface area contributed by atoms with Crippen LogP contribution in [0.5, 0.6) is 0 Å². The van der Waals surface area contributed by atoms with E-state index in [-0.39, 0.29) is 29.2 Å². The number of anilines is 2. The molecule has 5 N–H and O–H groups in total. The summed E-state index contributed by atoms with van der Waals surface area (Å²) in [4.78, 5) is 11.0. The molecule has 1 saturated heterocycles. The smallest absolute Gasteiger partial charge is 0.378 e. The van der Waals surface area contributed by atoms with Crippen LogP contribution in [-0.2, 0) is 14.6 Å². The van der Waals surface area contributed by atoms with E-state index in [1.165, 1.54) is 10.9 Å². The van der Waals surface area contributed by atoms with E-state index in [0.717, 1.165) is 30.7 Å². The summed E-state index contributed by atoms with van der Waals surface area (Å²) >= 11 is 0. The van der Waals surface area contributed by atoms with Gasteiger partial charge in [-0.05, 0) is 37.1 Å². The predicted octanol–water partition coefficient (Wildman–Crippen LogP) is 2.12. The van der Waals surface area contributed by atoms with Crippen LogP contribution in [0.25, 0.3) is 0 Å². The summed E-state index contributed by atoms with van der Waals surface area (Å²) in [6.45, 7) is 1.32. The Morgan fingerprint density at radius 3 is 2.38 bits per heavy atom. The largest absolute Gasteiger partial charge is 0.501 e. The topological polar surface area (TPSA) is 152 Å². The van der Waals surface area contributed by atoms with Gasteiger partial charge in [-0.1, -0.05) is 0 Å². The fourth-order valence-electron chi connectivity index (χ4n) is 3.95. The minimum atomic E-state index is -5.47. The summed E-state index contributed by atoms with van der Waals surface area (Å²) in [5, 5.41) is 19.1. The van der Waals surface area contributed by atoms with Gasteiger partial charge < -0.3 is 26.5 Å². The summed E-state index contributed by atoms with van der Waals surface area (Å²) in [6.07, 6.45) is 3.37. The van der Waals surface area contributed by atoms with Crippen molar-refractivity contribution >= 4 is 33.0 Å². The van der Waals surface area contributed by atoms with E-state index in [4.69, 9.17) is 15.9 Å². The van der Waals surface area contributed by atoms with E-state index in [1.807, 2.05) is 0 Å². The first-order valence-electron chi connectivity index (χ1n) is 10.4. The molecule has 0 bridgehead atoms. The zero-order valence-corrected chi connectivity index (χ0v) is 18.6. The fourth-order valence-corrected chi connectivity index (χ4v) is 4.71. The van der Waals surface area contributed by atoms with Crippen LogP contribution in [0.3, 0.4) is 0 Å². The molecule has 1 aliphatic carbocycles. The van der Waals surface area contributed by atoms with E-state index >= 15 is 0 Å². The number of alkyl halides is 3. The lowest BCUT2D eigenvalue weighted by Gasteiger charge is -2.35. The third-order valence-electron chi connectivity index (χ3n) is 5.82. The Morgan fingerprint density at radius 1 is 1.18 bits per heavy atom. The zero-order chi connectivity index (χ0) is 24.7. The van der Waals surface area contributed by atoms with Crippen molar-refractivity contribution in [3.63, 3.8) is 0 Å². The van der Waals surface area contributed by atoms with Gasteiger partial charge in [-0.2, -0.15) is 18.3 Å². The van der Waals surface area contributed by atoms with Crippen molar-refractivity contribution in [1.82, 2.24) is 15.1 Å². The van der Waals surface area contributed by atoms with Crippen LogP contribution < -0.4 is 16.4 Å². The van der Waals surface area contributed by atoms with Crippen molar-refractivity contribution in [3.8, 4) is 0 Å². The first-order chi connectivity index (χ1) is 16.0. The number of hydrogen-bond donors (Lipinski definition) is 4. The number of sulfone groups is 1. The Bertz CT molecular complexity index is 1190. The molecule has 1 aliphatic heterocycles. The van der Waals surface area contributed by atoms with Gasteiger partial charge in [0, 0.05) is 30.1 Å². The maximum Gasteiger partial charge on any atom is 0.501 e. The summed E-state index contributed by atoms with van der Waals surface area (Å²) in [5.74, 6) is -0.726. The Morgan fingerprint density at radius 2 is 1.85 bits per heavy atom. The molecule has 2 fully saturated rings. The van der Waals surface area contributed by atoms with Crippen LogP contribution in [0.2, 0.25) is 0 Å². The average molecular weight is 501 g/mol. The molecule has 1 saturated carbocycles. The first-order valence-corrected chi connectivity index (χ1v) is 11.9. The second-order valence-electron chi connectivity index (χ2n) is 8.25. The molecule has 2 atom stereocenters. The minimum absolute atomic E-state index is 0.0339. The molecule has 1 aromatic heterocycles. The van der Waals surface area contributed by atoms with E-state index in [0.29, 0.717) is 37.8 Å². The minimum Gasteiger partial charge on any atom is -0.378 e. The van der Waals surface area contributed by atoms with Crippen LogP contribution >= 0.6 is 0 Å². The molecule has 14 heteroatoms. The highest BCUT2D eigenvalue weighted by atomic mass is 32.2. The number of nitrogens with zero attached hydrogens (tertiary/aromatic N) is 2. The van der Waals surface area contributed by atoms with E-state index < -0.39 is 26.1 Å². The number of rotatable bonds is 7. The standard InChI is InChI=1S/C20H23F3N6O4S/c21-20(22,23)34(31,32)14-4-1-11(2-5-14)27-19-15(18(25)30)8-29(28-19)17-6-3-12(7-16(17)24)26-13-9-33-10-13/h1-2,4-5,8,12-13,17,24,26H,3,6-7,9-10H2,(H2,25,30)(H,27,28)/t12?,17-/m0/s1. The van der Waals surface area contributed by atoms with Crippen LogP contribution in [0, 0.1) is 5.41 Å². The van der Waals surface area contributed by atoms with Crippen molar-refractivity contribution in [1.29, 1.82) is 5.41 Å². The Hall–Kier alpha value is -2.97. The molecule has 1 unspecified atom stereocenters. The van der Waals surface area contributed by atoms with Gasteiger partial charge in [0.1, 0.15) is 5.56 Å². The molecule has 2 aliphatic rings. The number of ether oxygens (including phenoxy) is 1. The van der Waals surface area contributed by atoms with Crippen molar-refractivity contribution in [2.24, 2.45) is 5.73 Å². The third kappa shape index (κ3) is 4.79. The number of halogens is 3. The lowest BCUT2D eigenvalue weighted by atomic mass is 9.89. The number of hydrogen-bond acceptors (Lipinski definition) is 8. The molecular weight excluding hydrogens is 477 g/mol. The maximum atomic E-state index is 12.7. The van der Waals surface area contributed by atoms with Crippen molar-refractivity contribution in [3.05, 3.63) is 36.0 Å². The number of aromatic nitrogens is 2. The SMILES string of the molecule is N=C1CC(NC2COC2)CC[C@@H]1n1cc(C(N)=O)c(Nc2ccc(S(=O)(=O)C(F)(F)F)cc2)n1. The molecule has 4 rings (SSSR count). The first kappa shape index (κ1) is 24.2. The molecule has 184 valence electrons. The highest BCUT2D eigenvalue weighted by Gasteiger charge is 2.46. The quantitative estimate of drug-likeness (QED) is 0.454. The van der Waals surface area contributed by atoms with Gasteiger partial charge in [-0.15, -0.1) is 0 Å². The lowest BCUT2D eigenvalue weighted by Crippen LogP contribution is -2.52. The third-order valence-corrected chi connectivity index (χ3v) is 7.32. The van der Waals surface area contributed by atoms with Crippen molar-refractivity contribution in [2.45, 2.75) is 47.8 Å². The van der Waals surface area contributed by atoms with Gasteiger partial charge in [-0.25, -0.2) is 8.42 Å². The number of amides is 1. The van der Waals surface area contributed by atoms with E-state index in [9.17, 15) is 26.4 Å². The Labute approximate surface area is 193 Å². The van der Waals surface area contributed by atoms with Crippen molar-refractivity contribution in [2.75, 3.05) is 18.5 Å². The normalized spacial score (nSPS) is 21.8. The average Bonchev–Trinajstić information content (AvgIpc) is 3.14. The summed E-state index contributed by atoms with van der Waals surface area (Å²) in [7, 11) is -5.47. The van der Waals surface area contributed by atoms with E-state index in [2.05, 4.69) is 15.7 Å². The highest BCUT2D eigenvalue weighted by Crippen LogP contribution is 2.32. The molecule has 0 radical (unpaired) electrons. The molecule has 2 heterocycles. The Balaban J connectivity index is 1.50. The fraction of sp³-hybridized carbons (Fsp3) is 0.450. The van der Waals surface area contributed by atoms with Gasteiger partial charge in [0.15, 0.2) is 5.82 Å². The Kier molecular flexibility index (Phi) is 6.40. The molecule has 1 aromatic carbocycles. The number of nitrogens with two attached hydrogens (primary N) is 1. The molecule has 2 aromatic rings. The zero-order valence-electron chi connectivity index (χ0n) is 17.8. The highest BCUT2D eigenvalue weighted by molar-refractivity contribution is 7.92. The van der Waals surface area contributed by atoms with Crippen LogP contribution in [0.1, 0.15) is 35.7 Å². The second-order valence-corrected chi connectivity index (χ2v) is 10.2. The van der Waals surface area contributed by atoms with E-state index in [1.54, 1.807) is 0 Å². The number of carbonyl (C=O) groups excluding carboxylic acids is 1. The molecule has 34 heavy (non-hydrogen) atoms. The molecule has 0 spiro atoms. The summed E-state index contributed by atoms with van der Waals surface area (Å²) in [5.41, 5.74) is 0.732. The molecule has 10 nitrogen and oxygen atoms in total. The van der Waals surface area contributed by atoms with Crippen molar-refractivity contribution < 1.29 is 31.1 Å². The predicted molar refractivity (Wildman–Crippen MR) is 116 cm³/mol. The summed E-state index contributed by atoms with van der Waals surface area (Å²) in [6, 6.07) is 3.97. The molecule has 1 amide bonds. The summed E-state index contributed by atoms with van der Waals surface area (Å²) < 4.78 is 67.9. The monoisotopic (exact) mass is 500 g/mol. The second kappa shape index (κ2) is 9.00. The van der Waals surface area contributed by atoms with Crippen LogP contribution in [0.15, 0.2) is 35.4 Å². The van der Waals surface area contributed by atoms with Gasteiger partial charge in [0.25, 0.3) is 15.7 Å². The van der Waals surface area contributed by atoms with Crippen LogP contribution in [-0.4, -0.2) is 60.6 Å². The van der Waals surface area contributed by atoms with Gasteiger partial charge in [-0.3, -0.25) is 9.48 Å². The number of primary amides is 1. The number of benzene rings is 1. The van der Waals surface area contributed by atoms with Crippen LogP contribution in [0.4, 0.5) is 24.7 Å². The van der Waals surface area contributed by atoms with Gasteiger partial charge >= 0.3 is 5.51 Å². The maximum absolute atomic E-state index is 12.7. The number of nitrogens with one attached hydrogen (secondary N) is 3. The van der Waals surface area contributed by atoms with Gasteiger partial charge in [0.2, 0.25) is 0 Å². The van der Waals surface area contributed by atoms with Gasteiger partial charge in [0.05, 0.1) is 30.2 Å². The number of carbonyl (C=O) groups is 1. The molecular formula is C20H23F3N6O4S.